The van der Waals surface area contributed by atoms with E-state index in [0.717, 1.165) is 24.5 Å². The molecule has 1 aromatic heterocycles. The molecule has 1 heterocycles. The minimum atomic E-state index is -0.120. The number of rotatable bonds is 4. The van der Waals surface area contributed by atoms with Crippen LogP contribution in [0.3, 0.4) is 0 Å². The van der Waals surface area contributed by atoms with E-state index < -0.39 is 0 Å². The lowest BCUT2D eigenvalue weighted by Gasteiger charge is -2.33. The molecular weight excluding hydrogens is 212 g/mol. The Labute approximate surface area is 104 Å². The van der Waals surface area contributed by atoms with Crippen LogP contribution in [0.4, 0.5) is 0 Å². The second-order valence-corrected chi connectivity index (χ2v) is 5.48. The first-order chi connectivity index (χ1) is 8.19. The maximum absolute atomic E-state index is 10.1. The Hall–Kier alpha value is -0.830. The van der Waals surface area contributed by atoms with Gasteiger partial charge in [-0.15, -0.1) is 0 Å². The Morgan fingerprint density at radius 2 is 2.29 bits per heavy atom. The minimum Gasteiger partial charge on any atom is -0.393 e. The fourth-order valence-electron chi connectivity index (χ4n) is 3.08. The molecule has 0 spiro atoms. The molecule has 1 aromatic rings. The summed E-state index contributed by atoms with van der Waals surface area (Å²) in [4.78, 5) is 0. The maximum atomic E-state index is 10.1. The van der Waals surface area contributed by atoms with Gasteiger partial charge in [0.25, 0.3) is 0 Å². The van der Waals surface area contributed by atoms with Crippen LogP contribution in [0.15, 0.2) is 12.3 Å². The van der Waals surface area contributed by atoms with Crippen LogP contribution in [0.5, 0.6) is 0 Å². The number of aliphatic hydroxyl groups is 1. The van der Waals surface area contributed by atoms with Gasteiger partial charge in [-0.05, 0) is 43.6 Å². The summed E-state index contributed by atoms with van der Waals surface area (Å²) >= 11 is 0. The molecular formula is C14H24N2O. The van der Waals surface area contributed by atoms with E-state index in [1.807, 2.05) is 17.9 Å². The van der Waals surface area contributed by atoms with Crippen LogP contribution < -0.4 is 0 Å². The number of hydrogen-bond acceptors (Lipinski definition) is 2. The SMILES string of the molecule is CCCC1CCC(O)C(Cc2ccn(C)n2)C1. The molecule has 0 radical (unpaired) electrons. The monoisotopic (exact) mass is 236 g/mol. The van der Waals surface area contributed by atoms with Gasteiger partial charge >= 0.3 is 0 Å². The van der Waals surface area contributed by atoms with Crippen LogP contribution in [0, 0.1) is 11.8 Å². The summed E-state index contributed by atoms with van der Waals surface area (Å²) in [5.41, 5.74) is 1.12. The van der Waals surface area contributed by atoms with Crippen molar-refractivity contribution in [3.63, 3.8) is 0 Å². The first-order valence-corrected chi connectivity index (χ1v) is 6.85. The zero-order chi connectivity index (χ0) is 12.3. The molecule has 1 fully saturated rings. The maximum Gasteiger partial charge on any atom is 0.0628 e. The largest absolute Gasteiger partial charge is 0.393 e. The highest BCUT2D eigenvalue weighted by molar-refractivity contribution is 5.01. The van der Waals surface area contributed by atoms with Gasteiger partial charge < -0.3 is 5.11 Å². The van der Waals surface area contributed by atoms with Gasteiger partial charge in [0.15, 0.2) is 0 Å². The molecule has 0 saturated heterocycles. The third kappa shape index (κ3) is 3.32. The molecule has 0 bridgehead atoms. The molecule has 2 rings (SSSR count). The summed E-state index contributed by atoms with van der Waals surface area (Å²) in [5, 5.41) is 14.5. The van der Waals surface area contributed by atoms with E-state index in [2.05, 4.69) is 18.1 Å². The highest BCUT2D eigenvalue weighted by Gasteiger charge is 2.29. The molecule has 3 atom stereocenters. The molecule has 0 amide bonds. The fraction of sp³-hybridized carbons (Fsp3) is 0.786. The second-order valence-electron chi connectivity index (χ2n) is 5.48. The van der Waals surface area contributed by atoms with Crippen LogP contribution in [-0.2, 0) is 13.5 Å². The molecule has 1 saturated carbocycles. The molecule has 96 valence electrons. The van der Waals surface area contributed by atoms with Gasteiger partial charge in [-0.25, -0.2) is 0 Å². The highest BCUT2D eigenvalue weighted by Crippen LogP contribution is 2.33. The first-order valence-electron chi connectivity index (χ1n) is 6.85. The van der Waals surface area contributed by atoms with Gasteiger partial charge in [-0.1, -0.05) is 19.8 Å². The lowest BCUT2D eigenvalue weighted by atomic mass is 9.76. The zero-order valence-electron chi connectivity index (χ0n) is 11.0. The Morgan fingerprint density at radius 3 is 2.94 bits per heavy atom. The number of nitrogens with zero attached hydrogens (tertiary/aromatic N) is 2. The second kappa shape index (κ2) is 5.67. The van der Waals surface area contributed by atoms with Crippen molar-refractivity contribution in [2.24, 2.45) is 18.9 Å². The quantitative estimate of drug-likeness (QED) is 0.872. The van der Waals surface area contributed by atoms with E-state index in [1.54, 1.807) is 0 Å². The first kappa shape index (κ1) is 12.6. The smallest absolute Gasteiger partial charge is 0.0628 e. The van der Waals surface area contributed by atoms with E-state index in [9.17, 15) is 5.11 Å². The summed E-state index contributed by atoms with van der Waals surface area (Å²) in [6.07, 6.45) is 8.71. The number of aryl methyl sites for hydroxylation is 1. The fourth-order valence-corrected chi connectivity index (χ4v) is 3.08. The van der Waals surface area contributed by atoms with Crippen molar-refractivity contribution < 1.29 is 5.11 Å². The highest BCUT2D eigenvalue weighted by atomic mass is 16.3. The van der Waals surface area contributed by atoms with Gasteiger partial charge in [0.05, 0.1) is 11.8 Å². The van der Waals surface area contributed by atoms with E-state index in [1.165, 1.54) is 25.7 Å². The van der Waals surface area contributed by atoms with Gasteiger partial charge in [0.2, 0.25) is 0 Å². The van der Waals surface area contributed by atoms with Crippen molar-refractivity contribution in [3.8, 4) is 0 Å². The van der Waals surface area contributed by atoms with E-state index in [4.69, 9.17) is 0 Å². The van der Waals surface area contributed by atoms with Crippen LogP contribution in [0.25, 0.3) is 0 Å². The minimum absolute atomic E-state index is 0.120. The molecule has 1 aliphatic rings. The topological polar surface area (TPSA) is 38.0 Å². The number of aromatic nitrogens is 2. The molecule has 3 nitrogen and oxygen atoms in total. The molecule has 0 aromatic carbocycles. The van der Waals surface area contributed by atoms with Crippen LogP contribution in [-0.4, -0.2) is 21.0 Å². The van der Waals surface area contributed by atoms with Crippen molar-refractivity contribution >= 4 is 0 Å². The third-order valence-corrected chi connectivity index (χ3v) is 3.99. The van der Waals surface area contributed by atoms with Gasteiger partial charge in [0, 0.05) is 13.2 Å². The molecule has 1 aliphatic carbocycles. The van der Waals surface area contributed by atoms with Gasteiger partial charge in [-0.3, -0.25) is 4.68 Å². The van der Waals surface area contributed by atoms with Crippen LogP contribution >= 0.6 is 0 Å². The normalized spacial score (nSPS) is 29.5. The Morgan fingerprint density at radius 1 is 1.47 bits per heavy atom. The van der Waals surface area contributed by atoms with Gasteiger partial charge in [0.1, 0.15) is 0 Å². The molecule has 3 heteroatoms. The van der Waals surface area contributed by atoms with Crippen molar-refractivity contribution in [2.45, 2.75) is 51.6 Å². The van der Waals surface area contributed by atoms with Crippen molar-refractivity contribution in [1.29, 1.82) is 0 Å². The average molecular weight is 236 g/mol. The summed E-state index contributed by atoms with van der Waals surface area (Å²) in [6.45, 7) is 2.25. The van der Waals surface area contributed by atoms with E-state index in [-0.39, 0.29) is 6.10 Å². The summed E-state index contributed by atoms with van der Waals surface area (Å²) in [7, 11) is 1.95. The van der Waals surface area contributed by atoms with Crippen molar-refractivity contribution in [3.05, 3.63) is 18.0 Å². The van der Waals surface area contributed by atoms with Crippen LogP contribution in [0.2, 0.25) is 0 Å². The Bertz CT molecular complexity index is 348. The van der Waals surface area contributed by atoms with Crippen molar-refractivity contribution in [1.82, 2.24) is 9.78 Å². The zero-order valence-corrected chi connectivity index (χ0v) is 11.0. The van der Waals surface area contributed by atoms with Crippen LogP contribution in [0.1, 0.15) is 44.7 Å². The van der Waals surface area contributed by atoms with E-state index >= 15 is 0 Å². The summed E-state index contributed by atoms with van der Waals surface area (Å²) in [5.74, 6) is 1.23. The molecule has 3 unspecified atom stereocenters. The molecule has 0 aliphatic heterocycles. The lowest BCUT2D eigenvalue weighted by molar-refractivity contribution is 0.0457. The summed E-state index contributed by atoms with van der Waals surface area (Å²) < 4.78 is 1.84. The standard InChI is InChI=1S/C14H24N2O/c1-3-4-11-5-6-14(17)12(9-11)10-13-7-8-16(2)15-13/h7-8,11-12,14,17H,3-6,9-10H2,1-2H3. The summed E-state index contributed by atoms with van der Waals surface area (Å²) in [6, 6.07) is 2.07. The van der Waals surface area contributed by atoms with Gasteiger partial charge in [-0.2, -0.15) is 5.10 Å². The third-order valence-electron chi connectivity index (χ3n) is 3.99. The van der Waals surface area contributed by atoms with Crippen molar-refractivity contribution in [2.75, 3.05) is 0 Å². The predicted octanol–water partition coefficient (Wildman–Crippen LogP) is 2.54. The Kier molecular flexibility index (Phi) is 4.21. The molecule has 1 N–H and O–H groups in total. The Balaban J connectivity index is 1.93. The number of hydrogen-bond donors (Lipinski definition) is 1. The predicted molar refractivity (Wildman–Crippen MR) is 68.7 cm³/mol. The molecule has 17 heavy (non-hydrogen) atoms. The average Bonchev–Trinajstić information content (AvgIpc) is 2.69. The lowest BCUT2D eigenvalue weighted by Crippen LogP contribution is -2.30. The van der Waals surface area contributed by atoms with E-state index in [0.29, 0.717) is 5.92 Å². The number of aliphatic hydroxyl groups excluding tert-OH is 1.